The second-order valence-corrected chi connectivity index (χ2v) is 5.56. The minimum absolute atomic E-state index is 0.0550. The third-order valence-corrected chi connectivity index (χ3v) is 3.97. The zero-order valence-electron chi connectivity index (χ0n) is 12.1. The van der Waals surface area contributed by atoms with Gasteiger partial charge < -0.3 is 5.32 Å². The van der Waals surface area contributed by atoms with Crippen LogP contribution >= 0.6 is 0 Å². The van der Waals surface area contributed by atoms with Crippen LogP contribution in [-0.4, -0.2) is 11.9 Å². The predicted octanol–water partition coefficient (Wildman–Crippen LogP) is 3.43. The minimum atomic E-state index is -0.347. The molecule has 2 atom stereocenters. The number of rotatable bonds is 3. The third-order valence-electron chi connectivity index (χ3n) is 3.97. The summed E-state index contributed by atoms with van der Waals surface area (Å²) in [5, 5.41) is 12.1. The van der Waals surface area contributed by atoms with Crippen molar-refractivity contribution in [2.24, 2.45) is 5.92 Å². The van der Waals surface area contributed by atoms with Gasteiger partial charge in [0, 0.05) is 6.04 Å². The van der Waals surface area contributed by atoms with E-state index in [1.165, 1.54) is 24.6 Å². The molecule has 0 aliphatic heterocycles. The highest BCUT2D eigenvalue weighted by Gasteiger charge is 2.23. The Morgan fingerprint density at radius 2 is 2.00 bits per heavy atom. The molecule has 1 aliphatic rings. The Morgan fingerprint density at radius 1 is 1.33 bits per heavy atom. The van der Waals surface area contributed by atoms with Gasteiger partial charge in [-0.25, -0.2) is 4.39 Å². The minimum Gasteiger partial charge on any atom is -0.348 e. The van der Waals surface area contributed by atoms with Crippen molar-refractivity contribution >= 4 is 12.0 Å². The fourth-order valence-corrected chi connectivity index (χ4v) is 2.65. The molecule has 1 aliphatic carbocycles. The van der Waals surface area contributed by atoms with Crippen molar-refractivity contribution in [3.63, 3.8) is 0 Å². The average molecular weight is 286 g/mol. The number of carbonyl (C=O) groups excluding carboxylic acids is 1. The zero-order chi connectivity index (χ0) is 15.2. The number of amides is 1. The van der Waals surface area contributed by atoms with Crippen molar-refractivity contribution in [2.45, 2.75) is 38.6 Å². The molecule has 2 rings (SSSR count). The van der Waals surface area contributed by atoms with E-state index in [1.807, 2.05) is 6.07 Å². The molecule has 1 N–H and O–H groups in total. The number of nitrogens with one attached hydrogen (secondary N) is 1. The lowest BCUT2D eigenvalue weighted by Crippen LogP contribution is -2.41. The van der Waals surface area contributed by atoms with Crippen molar-refractivity contribution in [3.05, 3.63) is 41.2 Å². The van der Waals surface area contributed by atoms with E-state index in [9.17, 15) is 9.18 Å². The van der Waals surface area contributed by atoms with Gasteiger partial charge in [0.1, 0.15) is 17.5 Å². The standard InChI is InChI=1S/C17H19FN2O/c1-12-4-2-3-5-16(12)20-17(21)14(11-19)10-13-6-8-15(18)9-7-13/h6-10,12,16H,2-5H2,1H3,(H,20,21)/b14-10+. The Kier molecular flexibility index (Phi) is 5.10. The van der Waals surface area contributed by atoms with Crippen LogP contribution in [0.4, 0.5) is 4.39 Å². The smallest absolute Gasteiger partial charge is 0.262 e. The molecule has 0 aromatic heterocycles. The first kappa shape index (κ1) is 15.2. The van der Waals surface area contributed by atoms with Crippen LogP contribution in [0.2, 0.25) is 0 Å². The van der Waals surface area contributed by atoms with Crippen molar-refractivity contribution in [3.8, 4) is 6.07 Å². The lowest BCUT2D eigenvalue weighted by molar-refractivity contribution is -0.118. The molecule has 4 heteroatoms. The largest absolute Gasteiger partial charge is 0.348 e. The molecule has 21 heavy (non-hydrogen) atoms. The number of nitrogens with zero attached hydrogens (tertiary/aromatic N) is 1. The van der Waals surface area contributed by atoms with E-state index in [-0.39, 0.29) is 23.3 Å². The van der Waals surface area contributed by atoms with Crippen molar-refractivity contribution in [1.82, 2.24) is 5.32 Å². The molecule has 0 saturated heterocycles. The van der Waals surface area contributed by atoms with Crippen LogP contribution in [0.25, 0.3) is 6.08 Å². The molecule has 3 nitrogen and oxygen atoms in total. The van der Waals surface area contributed by atoms with Crippen LogP contribution in [0.5, 0.6) is 0 Å². The first-order valence-electron chi connectivity index (χ1n) is 7.28. The molecule has 1 fully saturated rings. The summed E-state index contributed by atoms with van der Waals surface area (Å²) in [5.41, 5.74) is 0.694. The van der Waals surface area contributed by atoms with E-state index in [0.717, 1.165) is 19.3 Å². The summed E-state index contributed by atoms with van der Waals surface area (Å²) in [6.07, 6.45) is 5.86. The van der Waals surface area contributed by atoms with E-state index in [4.69, 9.17) is 5.26 Å². The lowest BCUT2D eigenvalue weighted by atomic mass is 9.86. The van der Waals surface area contributed by atoms with Crippen LogP contribution in [-0.2, 0) is 4.79 Å². The summed E-state index contributed by atoms with van der Waals surface area (Å²) in [4.78, 5) is 12.2. The highest BCUT2D eigenvalue weighted by molar-refractivity contribution is 6.01. The molecule has 0 radical (unpaired) electrons. The number of benzene rings is 1. The summed E-state index contributed by atoms with van der Waals surface area (Å²) < 4.78 is 12.9. The zero-order valence-corrected chi connectivity index (χ0v) is 12.1. The molecule has 1 aromatic carbocycles. The lowest BCUT2D eigenvalue weighted by Gasteiger charge is -2.29. The normalized spacial score (nSPS) is 22.4. The number of halogens is 1. The van der Waals surface area contributed by atoms with Gasteiger partial charge in [-0.1, -0.05) is 31.9 Å². The number of hydrogen-bond acceptors (Lipinski definition) is 2. The highest BCUT2D eigenvalue weighted by atomic mass is 19.1. The van der Waals surface area contributed by atoms with Gasteiger partial charge in [-0.15, -0.1) is 0 Å². The summed E-state index contributed by atoms with van der Waals surface area (Å²) in [6.45, 7) is 2.12. The molecule has 0 spiro atoms. The maximum absolute atomic E-state index is 12.9. The summed E-state index contributed by atoms with van der Waals surface area (Å²) >= 11 is 0. The summed E-state index contributed by atoms with van der Waals surface area (Å²) in [6, 6.07) is 7.76. The van der Waals surface area contributed by atoms with Gasteiger partial charge in [0.15, 0.2) is 0 Å². The second-order valence-electron chi connectivity index (χ2n) is 5.56. The molecule has 2 unspecified atom stereocenters. The molecular formula is C17H19FN2O. The molecule has 110 valence electrons. The Bertz CT molecular complexity index is 571. The third kappa shape index (κ3) is 4.16. The van der Waals surface area contributed by atoms with Crippen LogP contribution in [0.15, 0.2) is 29.8 Å². The van der Waals surface area contributed by atoms with Gasteiger partial charge in [0.05, 0.1) is 0 Å². The van der Waals surface area contributed by atoms with E-state index in [1.54, 1.807) is 12.1 Å². The monoisotopic (exact) mass is 286 g/mol. The van der Waals surface area contributed by atoms with Crippen molar-refractivity contribution < 1.29 is 9.18 Å². The number of nitriles is 1. The van der Waals surface area contributed by atoms with Gasteiger partial charge in [-0.05, 0) is 42.5 Å². The summed E-state index contributed by atoms with van der Waals surface area (Å²) in [5.74, 6) is -0.250. The molecule has 0 bridgehead atoms. The Morgan fingerprint density at radius 3 is 2.62 bits per heavy atom. The molecule has 1 aromatic rings. The highest BCUT2D eigenvalue weighted by Crippen LogP contribution is 2.24. The Hall–Kier alpha value is -2.15. The van der Waals surface area contributed by atoms with E-state index < -0.39 is 0 Å². The topological polar surface area (TPSA) is 52.9 Å². The fourth-order valence-electron chi connectivity index (χ4n) is 2.65. The predicted molar refractivity (Wildman–Crippen MR) is 79.6 cm³/mol. The molecular weight excluding hydrogens is 267 g/mol. The number of carbonyl (C=O) groups is 1. The SMILES string of the molecule is CC1CCCCC1NC(=O)/C(C#N)=C/c1ccc(F)cc1. The second kappa shape index (κ2) is 7.03. The quantitative estimate of drug-likeness (QED) is 0.683. The molecule has 1 saturated carbocycles. The maximum Gasteiger partial charge on any atom is 0.262 e. The first-order valence-corrected chi connectivity index (χ1v) is 7.28. The van der Waals surface area contributed by atoms with Crippen LogP contribution < -0.4 is 5.32 Å². The average Bonchev–Trinajstić information content (AvgIpc) is 2.49. The van der Waals surface area contributed by atoms with Gasteiger partial charge in [-0.2, -0.15) is 5.26 Å². The summed E-state index contributed by atoms with van der Waals surface area (Å²) in [7, 11) is 0. The first-order chi connectivity index (χ1) is 10.1. The molecule has 0 heterocycles. The van der Waals surface area contributed by atoms with Gasteiger partial charge in [0.2, 0.25) is 0 Å². The van der Waals surface area contributed by atoms with Gasteiger partial charge >= 0.3 is 0 Å². The van der Waals surface area contributed by atoms with E-state index in [0.29, 0.717) is 11.5 Å². The van der Waals surface area contributed by atoms with Crippen molar-refractivity contribution in [2.75, 3.05) is 0 Å². The Balaban J connectivity index is 2.08. The number of hydrogen-bond donors (Lipinski definition) is 1. The van der Waals surface area contributed by atoms with Crippen LogP contribution in [0.1, 0.15) is 38.2 Å². The van der Waals surface area contributed by atoms with Crippen molar-refractivity contribution in [1.29, 1.82) is 5.26 Å². The molecule has 1 amide bonds. The van der Waals surface area contributed by atoms with Crippen LogP contribution in [0, 0.1) is 23.1 Å². The van der Waals surface area contributed by atoms with Gasteiger partial charge in [0.25, 0.3) is 5.91 Å². The fraction of sp³-hybridized carbons (Fsp3) is 0.412. The van der Waals surface area contributed by atoms with Gasteiger partial charge in [-0.3, -0.25) is 4.79 Å². The van der Waals surface area contributed by atoms with Crippen LogP contribution in [0.3, 0.4) is 0 Å². The Labute approximate surface area is 124 Å². The van der Waals surface area contributed by atoms with E-state index in [2.05, 4.69) is 12.2 Å². The maximum atomic E-state index is 12.9. The van der Waals surface area contributed by atoms with E-state index >= 15 is 0 Å².